The molecule has 1 saturated carbocycles. The molecule has 0 atom stereocenters. The largest absolute Gasteiger partial charge is 0.325 e. The van der Waals surface area contributed by atoms with E-state index >= 15 is 0 Å². The van der Waals surface area contributed by atoms with Crippen LogP contribution in [-0.2, 0) is 0 Å². The van der Waals surface area contributed by atoms with E-state index in [9.17, 15) is 0 Å². The summed E-state index contributed by atoms with van der Waals surface area (Å²) >= 11 is 0. The first-order valence-corrected chi connectivity index (χ1v) is 4.56. The number of nitrogens with two attached hydrogens (primary N) is 1. The zero-order valence-corrected chi connectivity index (χ0v) is 7.77. The molecule has 0 aliphatic heterocycles. The molecule has 11 heavy (non-hydrogen) atoms. The SMILES string of the molecule is CN(C)CCCC1(N)CCC1. The minimum absolute atomic E-state index is 0.232. The Morgan fingerprint density at radius 3 is 2.36 bits per heavy atom. The lowest BCUT2D eigenvalue weighted by Gasteiger charge is -2.38. The molecule has 66 valence electrons. The van der Waals surface area contributed by atoms with Gasteiger partial charge in [-0.05, 0) is 52.7 Å². The van der Waals surface area contributed by atoms with Crippen LogP contribution in [0.4, 0.5) is 0 Å². The summed E-state index contributed by atoms with van der Waals surface area (Å²) in [7, 11) is 4.23. The van der Waals surface area contributed by atoms with E-state index < -0.39 is 0 Å². The van der Waals surface area contributed by atoms with Crippen molar-refractivity contribution in [1.82, 2.24) is 4.90 Å². The standard InChI is InChI=1S/C9H20N2/c1-11(2)8-4-7-9(10)5-3-6-9/h3-8,10H2,1-2H3. The van der Waals surface area contributed by atoms with Crippen LogP contribution in [0.25, 0.3) is 0 Å². The number of hydrogen-bond acceptors (Lipinski definition) is 2. The average molecular weight is 156 g/mol. The summed E-state index contributed by atoms with van der Waals surface area (Å²) < 4.78 is 0. The van der Waals surface area contributed by atoms with Crippen LogP contribution in [0, 0.1) is 0 Å². The predicted octanol–water partition coefficient (Wildman–Crippen LogP) is 1.21. The van der Waals surface area contributed by atoms with Crippen molar-refractivity contribution < 1.29 is 0 Å². The highest BCUT2D eigenvalue weighted by molar-refractivity contribution is 4.92. The summed E-state index contributed by atoms with van der Waals surface area (Å²) in [4.78, 5) is 2.22. The van der Waals surface area contributed by atoms with Gasteiger partial charge in [-0.3, -0.25) is 0 Å². The molecular formula is C9H20N2. The average Bonchev–Trinajstić information content (AvgIpc) is 1.83. The zero-order chi connectivity index (χ0) is 8.32. The third-order valence-electron chi connectivity index (χ3n) is 2.63. The molecule has 0 spiro atoms. The molecule has 1 aliphatic carbocycles. The van der Waals surface area contributed by atoms with Gasteiger partial charge in [0.1, 0.15) is 0 Å². The lowest BCUT2D eigenvalue weighted by atomic mass is 9.75. The van der Waals surface area contributed by atoms with Gasteiger partial charge in [-0.1, -0.05) is 0 Å². The second-order valence-corrected chi connectivity index (χ2v) is 4.12. The van der Waals surface area contributed by atoms with E-state index in [-0.39, 0.29) is 5.54 Å². The van der Waals surface area contributed by atoms with Gasteiger partial charge in [0.2, 0.25) is 0 Å². The second-order valence-electron chi connectivity index (χ2n) is 4.12. The van der Waals surface area contributed by atoms with Crippen LogP contribution in [0.1, 0.15) is 32.1 Å². The normalized spacial score (nSPS) is 21.8. The number of hydrogen-bond donors (Lipinski definition) is 1. The molecule has 2 nitrogen and oxygen atoms in total. The molecule has 0 bridgehead atoms. The molecule has 0 heterocycles. The summed E-state index contributed by atoms with van der Waals surface area (Å²) in [5.41, 5.74) is 6.30. The van der Waals surface area contributed by atoms with E-state index in [0.717, 1.165) is 0 Å². The van der Waals surface area contributed by atoms with Crippen LogP contribution in [0.15, 0.2) is 0 Å². The van der Waals surface area contributed by atoms with Crippen molar-refractivity contribution in [3.63, 3.8) is 0 Å². The van der Waals surface area contributed by atoms with Crippen LogP contribution in [0.2, 0.25) is 0 Å². The maximum Gasteiger partial charge on any atom is 0.0154 e. The van der Waals surface area contributed by atoms with E-state index in [2.05, 4.69) is 19.0 Å². The van der Waals surface area contributed by atoms with Crippen LogP contribution in [0.5, 0.6) is 0 Å². The fourth-order valence-corrected chi connectivity index (χ4v) is 1.63. The Kier molecular flexibility index (Phi) is 2.90. The van der Waals surface area contributed by atoms with E-state index in [1.165, 1.54) is 38.6 Å². The maximum absolute atomic E-state index is 6.07. The predicted molar refractivity (Wildman–Crippen MR) is 48.6 cm³/mol. The van der Waals surface area contributed by atoms with Gasteiger partial charge in [-0.2, -0.15) is 0 Å². The molecule has 0 aromatic carbocycles. The van der Waals surface area contributed by atoms with E-state index in [1.807, 2.05) is 0 Å². The van der Waals surface area contributed by atoms with Gasteiger partial charge >= 0.3 is 0 Å². The zero-order valence-electron chi connectivity index (χ0n) is 7.77. The molecule has 0 aromatic rings. The number of rotatable bonds is 4. The van der Waals surface area contributed by atoms with Crippen molar-refractivity contribution in [1.29, 1.82) is 0 Å². The smallest absolute Gasteiger partial charge is 0.0154 e. The van der Waals surface area contributed by atoms with Crippen molar-refractivity contribution in [2.24, 2.45) is 5.73 Å². The molecule has 1 rings (SSSR count). The molecule has 0 saturated heterocycles. The van der Waals surface area contributed by atoms with Crippen molar-refractivity contribution in [2.75, 3.05) is 20.6 Å². The third kappa shape index (κ3) is 2.80. The third-order valence-corrected chi connectivity index (χ3v) is 2.63. The van der Waals surface area contributed by atoms with Gasteiger partial charge in [-0.15, -0.1) is 0 Å². The Labute approximate surface area is 69.8 Å². The second kappa shape index (κ2) is 3.55. The monoisotopic (exact) mass is 156 g/mol. The van der Waals surface area contributed by atoms with Crippen molar-refractivity contribution in [2.45, 2.75) is 37.6 Å². The topological polar surface area (TPSA) is 29.3 Å². The fourth-order valence-electron chi connectivity index (χ4n) is 1.63. The van der Waals surface area contributed by atoms with Crippen molar-refractivity contribution in [3.8, 4) is 0 Å². The summed E-state index contributed by atoms with van der Waals surface area (Å²) in [6.07, 6.45) is 6.31. The molecule has 2 heteroatoms. The maximum atomic E-state index is 6.07. The van der Waals surface area contributed by atoms with E-state index in [0.29, 0.717) is 0 Å². The molecule has 1 aliphatic rings. The summed E-state index contributed by atoms with van der Waals surface area (Å²) in [5, 5.41) is 0. The molecule has 0 unspecified atom stereocenters. The first-order valence-electron chi connectivity index (χ1n) is 4.56. The van der Waals surface area contributed by atoms with Crippen LogP contribution >= 0.6 is 0 Å². The Balaban J connectivity index is 2.02. The molecule has 0 amide bonds. The highest BCUT2D eigenvalue weighted by Crippen LogP contribution is 2.32. The first-order chi connectivity index (χ1) is 5.12. The molecule has 0 aromatic heterocycles. The quantitative estimate of drug-likeness (QED) is 0.663. The summed E-state index contributed by atoms with van der Waals surface area (Å²) in [6, 6.07) is 0. The Hall–Kier alpha value is -0.0800. The van der Waals surface area contributed by atoms with Crippen LogP contribution in [0.3, 0.4) is 0 Å². The van der Waals surface area contributed by atoms with Gasteiger partial charge in [0, 0.05) is 5.54 Å². The van der Waals surface area contributed by atoms with Gasteiger partial charge in [-0.25, -0.2) is 0 Å². The first kappa shape index (κ1) is 9.01. The van der Waals surface area contributed by atoms with Gasteiger partial charge < -0.3 is 10.6 Å². The minimum Gasteiger partial charge on any atom is -0.325 e. The van der Waals surface area contributed by atoms with Gasteiger partial charge in [0.25, 0.3) is 0 Å². The lowest BCUT2D eigenvalue weighted by Crippen LogP contribution is -2.46. The fraction of sp³-hybridized carbons (Fsp3) is 1.00. The van der Waals surface area contributed by atoms with E-state index in [1.54, 1.807) is 0 Å². The molecule has 1 fully saturated rings. The van der Waals surface area contributed by atoms with Crippen molar-refractivity contribution in [3.05, 3.63) is 0 Å². The molecule has 0 radical (unpaired) electrons. The summed E-state index contributed by atoms with van der Waals surface area (Å²) in [6.45, 7) is 1.18. The number of nitrogens with zero attached hydrogens (tertiary/aromatic N) is 1. The van der Waals surface area contributed by atoms with Crippen LogP contribution in [-0.4, -0.2) is 31.1 Å². The van der Waals surface area contributed by atoms with Gasteiger partial charge in [0.15, 0.2) is 0 Å². The van der Waals surface area contributed by atoms with Crippen LogP contribution < -0.4 is 5.73 Å². The Bertz CT molecular complexity index is 117. The van der Waals surface area contributed by atoms with E-state index in [4.69, 9.17) is 5.73 Å². The molecule has 2 N–H and O–H groups in total. The summed E-state index contributed by atoms with van der Waals surface area (Å²) in [5.74, 6) is 0. The highest BCUT2D eigenvalue weighted by Gasteiger charge is 2.31. The van der Waals surface area contributed by atoms with Gasteiger partial charge in [0.05, 0.1) is 0 Å². The lowest BCUT2D eigenvalue weighted by molar-refractivity contribution is 0.217. The minimum atomic E-state index is 0.232. The Morgan fingerprint density at radius 2 is 2.00 bits per heavy atom. The Morgan fingerprint density at radius 1 is 1.36 bits per heavy atom. The highest BCUT2D eigenvalue weighted by atomic mass is 15.0. The van der Waals surface area contributed by atoms with Crippen molar-refractivity contribution >= 4 is 0 Å². The molecular weight excluding hydrogens is 136 g/mol.